The number of nitrogens with zero attached hydrogens (tertiary/aromatic N) is 1. The van der Waals surface area contributed by atoms with Gasteiger partial charge < -0.3 is 14.8 Å². The van der Waals surface area contributed by atoms with Crippen LogP contribution in [0.2, 0.25) is 0 Å². The number of aromatic nitrogens is 1. The van der Waals surface area contributed by atoms with Gasteiger partial charge in [0.15, 0.2) is 0 Å². The summed E-state index contributed by atoms with van der Waals surface area (Å²) in [5, 5.41) is 3.28. The fourth-order valence-corrected chi connectivity index (χ4v) is 1.79. The smallest absolute Gasteiger partial charge is 0.138 e. The van der Waals surface area contributed by atoms with Crippen molar-refractivity contribution in [2.75, 3.05) is 20.3 Å². The molecule has 1 heterocycles. The maximum atomic E-state index is 5.65. The van der Waals surface area contributed by atoms with Crippen molar-refractivity contribution in [3.63, 3.8) is 0 Å². The molecule has 18 heavy (non-hydrogen) atoms. The molecule has 0 radical (unpaired) electrons. The average Bonchev–Trinajstić information content (AvgIpc) is 2.34. The molecule has 1 aromatic heterocycles. The lowest BCUT2D eigenvalue weighted by molar-refractivity contribution is 0.137. The molecule has 1 rings (SSSR count). The van der Waals surface area contributed by atoms with Gasteiger partial charge in [0, 0.05) is 25.5 Å². The zero-order valence-electron chi connectivity index (χ0n) is 11.8. The topological polar surface area (TPSA) is 43.4 Å². The quantitative estimate of drug-likeness (QED) is 0.722. The molecule has 0 fully saturated rings. The van der Waals surface area contributed by atoms with Crippen molar-refractivity contribution in [1.82, 2.24) is 10.3 Å². The van der Waals surface area contributed by atoms with Crippen LogP contribution in [0.1, 0.15) is 38.8 Å². The molecular weight excluding hydrogens is 228 g/mol. The minimum Gasteiger partial charge on any atom is -0.489 e. The number of hydrogen-bond donors (Lipinski definition) is 1. The van der Waals surface area contributed by atoms with Crippen molar-refractivity contribution in [1.29, 1.82) is 0 Å². The minimum absolute atomic E-state index is 0.165. The predicted octanol–water partition coefficient (Wildman–Crippen LogP) is 2.56. The highest BCUT2D eigenvalue weighted by Gasteiger charge is 2.10. The molecule has 0 aliphatic rings. The van der Waals surface area contributed by atoms with E-state index in [4.69, 9.17) is 9.47 Å². The Labute approximate surface area is 110 Å². The monoisotopic (exact) mass is 252 g/mol. The van der Waals surface area contributed by atoms with Crippen molar-refractivity contribution in [2.45, 2.75) is 39.3 Å². The third kappa shape index (κ3) is 5.02. The lowest BCUT2D eigenvalue weighted by atomic mass is 10.1. The largest absolute Gasteiger partial charge is 0.489 e. The van der Waals surface area contributed by atoms with Crippen LogP contribution in [0.15, 0.2) is 18.5 Å². The van der Waals surface area contributed by atoms with E-state index in [0.29, 0.717) is 0 Å². The molecule has 0 aliphatic carbocycles. The van der Waals surface area contributed by atoms with E-state index >= 15 is 0 Å². The van der Waals surface area contributed by atoms with Gasteiger partial charge in [0.05, 0.1) is 12.3 Å². The fourth-order valence-electron chi connectivity index (χ4n) is 1.79. The van der Waals surface area contributed by atoms with Crippen molar-refractivity contribution in [3.05, 3.63) is 24.0 Å². The van der Waals surface area contributed by atoms with Crippen LogP contribution in [-0.4, -0.2) is 31.3 Å². The summed E-state index contributed by atoms with van der Waals surface area (Å²) in [4.78, 5) is 4.23. The minimum atomic E-state index is 0.165. The van der Waals surface area contributed by atoms with E-state index in [9.17, 15) is 0 Å². The third-order valence-electron chi connectivity index (χ3n) is 2.61. The van der Waals surface area contributed by atoms with Crippen LogP contribution in [0.3, 0.4) is 0 Å². The third-order valence-corrected chi connectivity index (χ3v) is 2.61. The zero-order chi connectivity index (χ0) is 13.4. The van der Waals surface area contributed by atoms with Crippen LogP contribution in [0.25, 0.3) is 0 Å². The molecular formula is C14H24N2O2. The summed E-state index contributed by atoms with van der Waals surface area (Å²) in [5.74, 6) is 0.819. The number of ether oxygens (including phenoxy) is 2. The van der Waals surface area contributed by atoms with E-state index in [1.165, 1.54) is 0 Å². The molecule has 0 saturated carbocycles. The Morgan fingerprint density at radius 3 is 2.72 bits per heavy atom. The number of rotatable bonds is 8. The molecule has 0 saturated heterocycles. The second kappa shape index (κ2) is 8.06. The Morgan fingerprint density at radius 2 is 2.11 bits per heavy atom. The van der Waals surface area contributed by atoms with Crippen molar-refractivity contribution in [3.8, 4) is 5.75 Å². The van der Waals surface area contributed by atoms with E-state index < -0.39 is 0 Å². The maximum Gasteiger partial charge on any atom is 0.138 e. The molecule has 1 unspecified atom stereocenters. The van der Waals surface area contributed by atoms with Crippen LogP contribution in [0.4, 0.5) is 0 Å². The lowest BCUT2D eigenvalue weighted by Crippen LogP contribution is -2.19. The first-order chi connectivity index (χ1) is 8.67. The lowest BCUT2D eigenvalue weighted by Gasteiger charge is -2.17. The van der Waals surface area contributed by atoms with Gasteiger partial charge in [-0.25, -0.2) is 0 Å². The summed E-state index contributed by atoms with van der Waals surface area (Å²) >= 11 is 0. The van der Waals surface area contributed by atoms with E-state index in [1.807, 2.05) is 40.1 Å². The molecule has 102 valence electrons. The average molecular weight is 252 g/mol. The Balaban J connectivity index is 2.66. The SMILES string of the molecule is CCOCCC(NC)c1cncc(OC(C)C)c1. The predicted molar refractivity (Wildman–Crippen MR) is 72.9 cm³/mol. The van der Waals surface area contributed by atoms with Gasteiger partial charge in [-0.05, 0) is 45.9 Å². The summed E-state index contributed by atoms with van der Waals surface area (Å²) in [6.45, 7) is 7.53. The van der Waals surface area contributed by atoms with E-state index in [2.05, 4.69) is 10.3 Å². The summed E-state index contributed by atoms with van der Waals surface area (Å²) < 4.78 is 11.0. The molecule has 1 N–H and O–H groups in total. The summed E-state index contributed by atoms with van der Waals surface area (Å²) in [5.41, 5.74) is 1.13. The van der Waals surface area contributed by atoms with E-state index in [0.717, 1.165) is 30.9 Å². The Kier molecular flexibility index (Phi) is 6.68. The van der Waals surface area contributed by atoms with Crippen LogP contribution in [-0.2, 0) is 4.74 Å². The number of hydrogen-bond acceptors (Lipinski definition) is 4. The first kappa shape index (κ1) is 14.9. The standard InChI is InChI=1S/C14H24N2O2/c1-5-17-7-6-14(15-4)12-8-13(10-16-9-12)18-11(2)3/h8-11,14-15H,5-7H2,1-4H3. The highest BCUT2D eigenvalue weighted by Crippen LogP contribution is 2.20. The molecule has 0 amide bonds. The molecule has 0 aliphatic heterocycles. The normalized spacial score (nSPS) is 12.7. The number of nitrogens with one attached hydrogen (secondary N) is 1. The highest BCUT2D eigenvalue weighted by molar-refractivity contribution is 5.26. The first-order valence-corrected chi connectivity index (χ1v) is 6.54. The van der Waals surface area contributed by atoms with Crippen LogP contribution < -0.4 is 10.1 Å². The molecule has 0 aromatic carbocycles. The summed E-state index contributed by atoms with van der Waals surface area (Å²) in [6, 6.07) is 2.29. The second-order valence-corrected chi connectivity index (χ2v) is 4.45. The van der Waals surface area contributed by atoms with Crippen molar-refractivity contribution in [2.24, 2.45) is 0 Å². The van der Waals surface area contributed by atoms with Gasteiger partial charge in [0.25, 0.3) is 0 Å². The van der Waals surface area contributed by atoms with Crippen LogP contribution in [0.5, 0.6) is 5.75 Å². The van der Waals surface area contributed by atoms with Crippen LogP contribution in [0, 0.1) is 0 Å². The molecule has 1 aromatic rings. The summed E-state index contributed by atoms with van der Waals surface area (Å²) in [6.07, 6.45) is 4.72. The Hall–Kier alpha value is -1.13. The molecule has 0 spiro atoms. The number of pyridine rings is 1. The van der Waals surface area contributed by atoms with E-state index in [-0.39, 0.29) is 12.1 Å². The van der Waals surface area contributed by atoms with Crippen molar-refractivity contribution < 1.29 is 9.47 Å². The van der Waals surface area contributed by atoms with Gasteiger partial charge in [-0.3, -0.25) is 4.98 Å². The first-order valence-electron chi connectivity index (χ1n) is 6.54. The maximum absolute atomic E-state index is 5.65. The zero-order valence-corrected chi connectivity index (χ0v) is 11.8. The van der Waals surface area contributed by atoms with Crippen molar-refractivity contribution >= 4 is 0 Å². The van der Waals surface area contributed by atoms with Gasteiger partial charge in [-0.2, -0.15) is 0 Å². The van der Waals surface area contributed by atoms with Gasteiger partial charge in [-0.15, -0.1) is 0 Å². The molecule has 0 bridgehead atoms. The Bertz CT molecular complexity index is 342. The van der Waals surface area contributed by atoms with Crippen LogP contribution >= 0.6 is 0 Å². The van der Waals surface area contributed by atoms with Gasteiger partial charge in [-0.1, -0.05) is 0 Å². The fraction of sp³-hybridized carbons (Fsp3) is 0.643. The second-order valence-electron chi connectivity index (χ2n) is 4.45. The molecule has 4 nitrogen and oxygen atoms in total. The summed E-state index contributed by atoms with van der Waals surface area (Å²) in [7, 11) is 1.95. The van der Waals surface area contributed by atoms with E-state index in [1.54, 1.807) is 6.20 Å². The molecule has 1 atom stereocenters. The van der Waals surface area contributed by atoms with Gasteiger partial charge >= 0.3 is 0 Å². The van der Waals surface area contributed by atoms with Gasteiger partial charge in [0.2, 0.25) is 0 Å². The highest BCUT2D eigenvalue weighted by atomic mass is 16.5. The molecule has 4 heteroatoms. The Morgan fingerprint density at radius 1 is 1.33 bits per heavy atom. The van der Waals surface area contributed by atoms with Gasteiger partial charge in [0.1, 0.15) is 5.75 Å².